The lowest BCUT2D eigenvalue weighted by atomic mass is 9.98. The molecule has 1 rings (SSSR count). The summed E-state index contributed by atoms with van der Waals surface area (Å²) in [4.78, 5) is 12.5. The van der Waals surface area contributed by atoms with E-state index in [1.54, 1.807) is 20.8 Å². The Bertz CT molecular complexity index is 312. The molecule has 0 aliphatic carbocycles. The number of hydrogen-bond donors (Lipinski definition) is 1. The van der Waals surface area contributed by atoms with Crippen molar-refractivity contribution in [3.05, 3.63) is 0 Å². The standard InChI is InChI=1S/C11H19F3N2O2/c1-10(2,3)18-9(17)16-5-4-7(15)6-8(16)11(12,13)14/h7-8H,4-6,15H2,1-3H3/t7-,8-/m0/s1. The number of piperidine rings is 1. The topological polar surface area (TPSA) is 55.6 Å². The molecule has 2 atom stereocenters. The smallest absolute Gasteiger partial charge is 0.410 e. The van der Waals surface area contributed by atoms with Crippen LogP contribution in [-0.2, 0) is 4.74 Å². The molecule has 0 aromatic carbocycles. The third kappa shape index (κ3) is 4.04. The summed E-state index contributed by atoms with van der Waals surface area (Å²) in [5, 5.41) is 0. The minimum absolute atomic E-state index is 0.0275. The molecule has 0 aromatic rings. The number of amides is 1. The van der Waals surface area contributed by atoms with Gasteiger partial charge in [0.2, 0.25) is 0 Å². The Kier molecular flexibility index (Phi) is 4.15. The number of carbonyl (C=O) groups is 1. The molecule has 1 saturated heterocycles. The number of nitrogens with zero attached hydrogens (tertiary/aromatic N) is 1. The van der Waals surface area contributed by atoms with E-state index in [1.807, 2.05) is 0 Å². The minimum Gasteiger partial charge on any atom is -0.444 e. The highest BCUT2D eigenvalue weighted by Gasteiger charge is 2.48. The second kappa shape index (κ2) is 4.95. The van der Waals surface area contributed by atoms with E-state index in [9.17, 15) is 18.0 Å². The summed E-state index contributed by atoms with van der Waals surface area (Å²) >= 11 is 0. The molecule has 1 heterocycles. The Hall–Kier alpha value is -0.980. The number of likely N-dealkylation sites (tertiary alicyclic amines) is 1. The predicted molar refractivity (Wildman–Crippen MR) is 60.0 cm³/mol. The maximum atomic E-state index is 12.9. The second-order valence-electron chi connectivity index (χ2n) is 5.52. The fraction of sp³-hybridized carbons (Fsp3) is 0.909. The molecular weight excluding hydrogens is 249 g/mol. The van der Waals surface area contributed by atoms with Crippen LogP contribution < -0.4 is 5.73 Å². The molecule has 7 heteroatoms. The number of carbonyl (C=O) groups excluding carboxylic acids is 1. The number of alkyl halides is 3. The Morgan fingerprint density at radius 1 is 1.33 bits per heavy atom. The van der Waals surface area contributed by atoms with E-state index < -0.39 is 30.0 Å². The molecular formula is C11H19F3N2O2. The Balaban J connectivity index is 2.81. The normalized spacial score (nSPS) is 26.1. The molecule has 1 fully saturated rings. The summed E-state index contributed by atoms with van der Waals surface area (Å²) in [6.45, 7) is 4.82. The van der Waals surface area contributed by atoms with E-state index in [-0.39, 0.29) is 13.0 Å². The molecule has 1 aliphatic rings. The number of nitrogens with two attached hydrogens (primary N) is 1. The van der Waals surface area contributed by atoms with E-state index in [1.165, 1.54) is 0 Å². The summed E-state index contributed by atoms with van der Waals surface area (Å²) in [5.41, 5.74) is 4.72. The van der Waals surface area contributed by atoms with Crippen molar-refractivity contribution in [3.8, 4) is 0 Å². The molecule has 106 valence electrons. The zero-order valence-electron chi connectivity index (χ0n) is 10.8. The van der Waals surface area contributed by atoms with Crippen molar-refractivity contribution in [3.63, 3.8) is 0 Å². The first kappa shape index (κ1) is 15.1. The van der Waals surface area contributed by atoms with Crippen LogP contribution in [0.2, 0.25) is 0 Å². The molecule has 0 bridgehead atoms. The van der Waals surface area contributed by atoms with E-state index in [0.29, 0.717) is 6.42 Å². The number of rotatable bonds is 0. The van der Waals surface area contributed by atoms with Crippen LogP contribution in [0.4, 0.5) is 18.0 Å². The summed E-state index contributed by atoms with van der Waals surface area (Å²) in [6.07, 6.45) is -5.33. The average molecular weight is 268 g/mol. The van der Waals surface area contributed by atoms with Crippen LogP contribution in [0, 0.1) is 0 Å². The van der Waals surface area contributed by atoms with Gasteiger partial charge in [-0.3, -0.25) is 4.90 Å². The van der Waals surface area contributed by atoms with Crippen molar-refractivity contribution >= 4 is 6.09 Å². The van der Waals surface area contributed by atoms with Crippen molar-refractivity contribution < 1.29 is 22.7 Å². The summed E-state index contributed by atoms with van der Waals surface area (Å²) in [5.74, 6) is 0. The van der Waals surface area contributed by atoms with E-state index in [0.717, 1.165) is 4.90 Å². The lowest BCUT2D eigenvalue weighted by molar-refractivity contribution is -0.188. The third-order valence-electron chi connectivity index (χ3n) is 2.65. The van der Waals surface area contributed by atoms with Crippen molar-refractivity contribution in [1.29, 1.82) is 0 Å². The Labute approximate surface area is 104 Å². The van der Waals surface area contributed by atoms with Gasteiger partial charge in [0.25, 0.3) is 0 Å². The zero-order valence-corrected chi connectivity index (χ0v) is 10.8. The van der Waals surface area contributed by atoms with Crippen LogP contribution >= 0.6 is 0 Å². The van der Waals surface area contributed by atoms with Gasteiger partial charge in [0.15, 0.2) is 0 Å². The van der Waals surface area contributed by atoms with Crippen LogP contribution in [0.15, 0.2) is 0 Å². The fourth-order valence-corrected chi connectivity index (χ4v) is 1.84. The van der Waals surface area contributed by atoms with Crippen LogP contribution in [0.3, 0.4) is 0 Å². The molecule has 2 N–H and O–H groups in total. The van der Waals surface area contributed by atoms with Crippen molar-refractivity contribution in [2.24, 2.45) is 5.73 Å². The maximum absolute atomic E-state index is 12.9. The minimum atomic E-state index is -4.48. The van der Waals surface area contributed by atoms with E-state index >= 15 is 0 Å². The van der Waals surface area contributed by atoms with Gasteiger partial charge in [-0.1, -0.05) is 0 Å². The fourth-order valence-electron chi connectivity index (χ4n) is 1.84. The molecule has 1 aliphatic heterocycles. The monoisotopic (exact) mass is 268 g/mol. The van der Waals surface area contributed by atoms with Gasteiger partial charge in [-0.25, -0.2) is 4.79 Å². The van der Waals surface area contributed by atoms with Crippen LogP contribution in [0.1, 0.15) is 33.6 Å². The van der Waals surface area contributed by atoms with Gasteiger partial charge in [-0.15, -0.1) is 0 Å². The van der Waals surface area contributed by atoms with Gasteiger partial charge in [0.05, 0.1) is 0 Å². The first-order valence-electron chi connectivity index (χ1n) is 5.82. The highest BCUT2D eigenvalue weighted by atomic mass is 19.4. The average Bonchev–Trinajstić information content (AvgIpc) is 2.13. The summed E-state index contributed by atoms with van der Waals surface area (Å²) in [7, 11) is 0. The van der Waals surface area contributed by atoms with Crippen molar-refractivity contribution in [2.75, 3.05) is 6.54 Å². The maximum Gasteiger partial charge on any atom is 0.410 e. The summed E-state index contributed by atoms with van der Waals surface area (Å²) < 4.78 is 43.5. The van der Waals surface area contributed by atoms with Crippen LogP contribution in [-0.4, -0.2) is 41.4 Å². The van der Waals surface area contributed by atoms with Gasteiger partial charge in [0.1, 0.15) is 11.6 Å². The van der Waals surface area contributed by atoms with Gasteiger partial charge in [-0.05, 0) is 33.6 Å². The van der Waals surface area contributed by atoms with Crippen LogP contribution in [0.25, 0.3) is 0 Å². The molecule has 18 heavy (non-hydrogen) atoms. The number of ether oxygens (including phenoxy) is 1. The molecule has 0 spiro atoms. The molecule has 0 aromatic heterocycles. The van der Waals surface area contributed by atoms with Crippen LogP contribution in [0.5, 0.6) is 0 Å². The Morgan fingerprint density at radius 3 is 2.33 bits per heavy atom. The molecule has 0 radical (unpaired) electrons. The largest absolute Gasteiger partial charge is 0.444 e. The van der Waals surface area contributed by atoms with E-state index in [4.69, 9.17) is 10.5 Å². The predicted octanol–water partition coefficient (Wildman–Crippen LogP) is 2.28. The quantitative estimate of drug-likeness (QED) is 0.733. The first-order chi connectivity index (χ1) is 8.00. The number of hydrogen-bond acceptors (Lipinski definition) is 3. The molecule has 4 nitrogen and oxygen atoms in total. The SMILES string of the molecule is CC(C)(C)OC(=O)N1CC[C@H](N)C[C@H]1C(F)(F)F. The lowest BCUT2D eigenvalue weighted by Gasteiger charge is -2.39. The molecule has 0 saturated carbocycles. The van der Waals surface area contributed by atoms with Gasteiger partial charge in [0, 0.05) is 12.6 Å². The highest BCUT2D eigenvalue weighted by molar-refractivity contribution is 5.68. The third-order valence-corrected chi connectivity index (χ3v) is 2.65. The van der Waals surface area contributed by atoms with Gasteiger partial charge < -0.3 is 10.5 Å². The molecule has 0 unspecified atom stereocenters. The summed E-state index contributed by atoms with van der Waals surface area (Å²) in [6, 6.07) is -2.38. The number of halogens is 3. The van der Waals surface area contributed by atoms with E-state index in [2.05, 4.69) is 0 Å². The van der Waals surface area contributed by atoms with Crippen molar-refractivity contribution in [2.45, 2.75) is 57.5 Å². The van der Waals surface area contributed by atoms with Gasteiger partial charge >= 0.3 is 12.3 Å². The van der Waals surface area contributed by atoms with Gasteiger partial charge in [-0.2, -0.15) is 13.2 Å². The first-order valence-corrected chi connectivity index (χ1v) is 5.82. The highest BCUT2D eigenvalue weighted by Crippen LogP contribution is 2.32. The lowest BCUT2D eigenvalue weighted by Crippen LogP contribution is -2.56. The van der Waals surface area contributed by atoms with Crippen molar-refractivity contribution in [1.82, 2.24) is 4.90 Å². The molecule has 1 amide bonds. The zero-order chi connectivity index (χ0) is 14.1. The second-order valence-corrected chi connectivity index (χ2v) is 5.52. The Morgan fingerprint density at radius 2 is 1.89 bits per heavy atom.